The van der Waals surface area contributed by atoms with Gasteiger partial charge in [-0.1, -0.05) is 12.1 Å². The summed E-state index contributed by atoms with van der Waals surface area (Å²) in [5.74, 6) is 0.301. The molecule has 1 aliphatic heterocycles. The molecular weight excluding hydrogens is 180 g/mol. The van der Waals surface area contributed by atoms with E-state index < -0.39 is 0 Å². The highest BCUT2D eigenvalue weighted by Gasteiger charge is 2.22. The summed E-state index contributed by atoms with van der Waals surface area (Å²) in [5, 5.41) is 11.6. The summed E-state index contributed by atoms with van der Waals surface area (Å²) in [5.41, 5.74) is 5.56. The highest BCUT2D eigenvalue weighted by atomic mass is 16.4. The van der Waals surface area contributed by atoms with Crippen molar-refractivity contribution in [3.8, 4) is 0 Å². The van der Waals surface area contributed by atoms with Gasteiger partial charge in [-0.05, 0) is 13.5 Å². The Balaban J connectivity index is 2.41. The molecule has 0 bridgehead atoms. The summed E-state index contributed by atoms with van der Waals surface area (Å²) in [6.07, 6.45) is 0. The molecular formula is C9H20N4O. The Bertz CT molecular complexity index is 199. The SMILES string of the molecule is CCN1CCN(C(C)C(N)=NO)CC1. The van der Waals surface area contributed by atoms with Crippen molar-refractivity contribution in [2.24, 2.45) is 10.9 Å². The molecule has 0 aromatic rings. The minimum Gasteiger partial charge on any atom is -0.409 e. The lowest BCUT2D eigenvalue weighted by Gasteiger charge is -2.36. The van der Waals surface area contributed by atoms with E-state index in [0.29, 0.717) is 5.84 Å². The Morgan fingerprint density at radius 3 is 2.43 bits per heavy atom. The van der Waals surface area contributed by atoms with Gasteiger partial charge in [-0.2, -0.15) is 0 Å². The van der Waals surface area contributed by atoms with Crippen LogP contribution in [0.5, 0.6) is 0 Å². The standard InChI is InChI=1S/C9H20N4O/c1-3-12-4-6-13(7-5-12)8(2)9(10)11-14/h8,14H,3-7H2,1-2H3,(H2,10,11). The smallest absolute Gasteiger partial charge is 0.156 e. The molecule has 0 radical (unpaired) electrons. The van der Waals surface area contributed by atoms with Crippen LogP contribution in [-0.2, 0) is 0 Å². The zero-order valence-corrected chi connectivity index (χ0v) is 8.98. The van der Waals surface area contributed by atoms with E-state index in [4.69, 9.17) is 10.9 Å². The van der Waals surface area contributed by atoms with E-state index in [2.05, 4.69) is 21.9 Å². The van der Waals surface area contributed by atoms with Gasteiger partial charge < -0.3 is 15.8 Å². The van der Waals surface area contributed by atoms with Crippen molar-refractivity contribution in [3.05, 3.63) is 0 Å². The minimum atomic E-state index is 0.0407. The number of nitrogens with zero attached hydrogens (tertiary/aromatic N) is 3. The fraction of sp³-hybridized carbons (Fsp3) is 0.889. The topological polar surface area (TPSA) is 65.1 Å². The van der Waals surface area contributed by atoms with Gasteiger partial charge in [0, 0.05) is 26.2 Å². The quantitative estimate of drug-likeness (QED) is 0.285. The third-order valence-corrected chi connectivity index (χ3v) is 2.95. The third-order valence-electron chi connectivity index (χ3n) is 2.95. The number of rotatable bonds is 3. The third kappa shape index (κ3) is 2.59. The van der Waals surface area contributed by atoms with Crippen LogP contribution in [0, 0.1) is 0 Å². The van der Waals surface area contributed by atoms with Crippen LogP contribution in [-0.4, -0.2) is 59.6 Å². The zero-order chi connectivity index (χ0) is 10.6. The molecule has 0 aromatic heterocycles. The monoisotopic (exact) mass is 200 g/mol. The maximum atomic E-state index is 8.56. The van der Waals surface area contributed by atoms with Gasteiger partial charge in [0.1, 0.15) is 0 Å². The van der Waals surface area contributed by atoms with Crippen LogP contribution in [0.1, 0.15) is 13.8 Å². The van der Waals surface area contributed by atoms with Gasteiger partial charge in [-0.15, -0.1) is 0 Å². The number of hydrogen-bond donors (Lipinski definition) is 2. The van der Waals surface area contributed by atoms with Crippen LogP contribution in [0.25, 0.3) is 0 Å². The molecule has 3 N–H and O–H groups in total. The minimum absolute atomic E-state index is 0.0407. The second-order valence-corrected chi connectivity index (χ2v) is 3.67. The Morgan fingerprint density at radius 1 is 1.43 bits per heavy atom. The van der Waals surface area contributed by atoms with Crippen molar-refractivity contribution in [2.45, 2.75) is 19.9 Å². The fourth-order valence-electron chi connectivity index (χ4n) is 1.74. The molecule has 0 aromatic carbocycles. The summed E-state index contributed by atoms with van der Waals surface area (Å²) in [6, 6.07) is 0.0407. The molecule has 1 rings (SSSR count). The van der Waals surface area contributed by atoms with E-state index in [0.717, 1.165) is 32.7 Å². The molecule has 0 amide bonds. The van der Waals surface area contributed by atoms with Crippen LogP contribution >= 0.6 is 0 Å². The van der Waals surface area contributed by atoms with Crippen molar-refractivity contribution >= 4 is 5.84 Å². The molecule has 1 unspecified atom stereocenters. The van der Waals surface area contributed by atoms with Gasteiger partial charge in [-0.3, -0.25) is 4.90 Å². The predicted molar refractivity (Wildman–Crippen MR) is 56.6 cm³/mol. The molecule has 1 atom stereocenters. The number of amidine groups is 1. The number of hydrogen-bond acceptors (Lipinski definition) is 4. The molecule has 0 saturated carbocycles. The van der Waals surface area contributed by atoms with Gasteiger partial charge in [0.05, 0.1) is 6.04 Å². The Kier molecular flexibility index (Phi) is 4.16. The van der Waals surface area contributed by atoms with Gasteiger partial charge in [0.15, 0.2) is 5.84 Å². The summed E-state index contributed by atoms with van der Waals surface area (Å²) < 4.78 is 0. The lowest BCUT2D eigenvalue weighted by Crippen LogP contribution is -2.52. The number of nitrogens with two attached hydrogens (primary N) is 1. The highest BCUT2D eigenvalue weighted by Crippen LogP contribution is 2.05. The largest absolute Gasteiger partial charge is 0.409 e. The van der Waals surface area contributed by atoms with Crippen molar-refractivity contribution in [2.75, 3.05) is 32.7 Å². The van der Waals surface area contributed by atoms with Crippen LogP contribution in [0.15, 0.2) is 5.16 Å². The van der Waals surface area contributed by atoms with Crippen LogP contribution in [0.4, 0.5) is 0 Å². The normalized spacial score (nSPS) is 23.7. The van der Waals surface area contributed by atoms with Gasteiger partial charge in [0.2, 0.25) is 0 Å². The molecule has 1 heterocycles. The summed E-state index contributed by atoms with van der Waals surface area (Å²) in [6.45, 7) is 9.36. The predicted octanol–water partition coefficient (Wildman–Crippen LogP) is -0.241. The molecule has 0 spiro atoms. The summed E-state index contributed by atoms with van der Waals surface area (Å²) in [7, 11) is 0. The van der Waals surface area contributed by atoms with E-state index in [1.807, 2.05) is 6.92 Å². The molecule has 1 fully saturated rings. The average Bonchev–Trinajstić information content (AvgIpc) is 2.27. The van der Waals surface area contributed by atoms with Crippen molar-refractivity contribution in [1.82, 2.24) is 9.80 Å². The Labute approximate surface area is 85.2 Å². The van der Waals surface area contributed by atoms with Crippen LogP contribution in [0.2, 0.25) is 0 Å². The molecule has 5 nitrogen and oxygen atoms in total. The van der Waals surface area contributed by atoms with Crippen molar-refractivity contribution in [1.29, 1.82) is 0 Å². The first-order valence-corrected chi connectivity index (χ1v) is 5.12. The molecule has 5 heteroatoms. The van der Waals surface area contributed by atoms with Crippen LogP contribution < -0.4 is 5.73 Å². The maximum Gasteiger partial charge on any atom is 0.156 e. The molecule has 14 heavy (non-hydrogen) atoms. The lowest BCUT2D eigenvalue weighted by atomic mass is 10.2. The first kappa shape index (κ1) is 11.3. The number of likely N-dealkylation sites (N-methyl/N-ethyl adjacent to an activating group) is 1. The molecule has 1 saturated heterocycles. The maximum absolute atomic E-state index is 8.56. The first-order chi connectivity index (χ1) is 6.69. The van der Waals surface area contributed by atoms with Gasteiger partial charge in [0.25, 0.3) is 0 Å². The summed E-state index contributed by atoms with van der Waals surface area (Å²) >= 11 is 0. The second-order valence-electron chi connectivity index (χ2n) is 3.67. The van der Waals surface area contributed by atoms with Crippen molar-refractivity contribution < 1.29 is 5.21 Å². The second kappa shape index (κ2) is 5.17. The van der Waals surface area contributed by atoms with E-state index in [1.54, 1.807) is 0 Å². The first-order valence-electron chi connectivity index (χ1n) is 5.12. The van der Waals surface area contributed by atoms with Crippen molar-refractivity contribution in [3.63, 3.8) is 0 Å². The van der Waals surface area contributed by atoms with E-state index in [9.17, 15) is 0 Å². The van der Waals surface area contributed by atoms with E-state index in [1.165, 1.54) is 0 Å². The average molecular weight is 200 g/mol. The molecule has 1 aliphatic rings. The van der Waals surface area contributed by atoms with Gasteiger partial charge in [-0.25, -0.2) is 0 Å². The molecule has 0 aliphatic carbocycles. The zero-order valence-electron chi connectivity index (χ0n) is 8.98. The Hall–Kier alpha value is -0.810. The van der Waals surface area contributed by atoms with E-state index >= 15 is 0 Å². The lowest BCUT2D eigenvalue weighted by molar-refractivity contribution is 0.125. The highest BCUT2D eigenvalue weighted by molar-refractivity contribution is 5.84. The Morgan fingerprint density at radius 2 is 2.00 bits per heavy atom. The molecule has 82 valence electrons. The number of oxime groups is 1. The van der Waals surface area contributed by atoms with E-state index in [-0.39, 0.29) is 6.04 Å². The van der Waals surface area contributed by atoms with Gasteiger partial charge >= 0.3 is 0 Å². The number of piperazine rings is 1. The summed E-state index contributed by atoms with van der Waals surface area (Å²) in [4.78, 5) is 4.64. The fourth-order valence-corrected chi connectivity index (χ4v) is 1.74. The van der Waals surface area contributed by atoms with Crippen LogP contribution in [0.3, 0.4) is 0 Å².